The smallest absolute Gasteiger partial charge is 0.193 e. The molecule has 0 bridgehead atoms. The van der Waals surface area contributed by atoms with Crippen LogP contribution in [0.5, 0.6) is 0 Å². The minimum atomic E-state index is 0.258. The number of rotatable bonds is 4. The van der Waals surface area contributed by atoms with Crippen molar-refractivity contribution < 1.29 is 4.74 Å². The maximum Gasteiger partial charge on any atom is 0.193 e. The SMILES string of the molecule is CN=C(NCC1(C)COC1)N1CCN(C(C)c2ccc(Br)cc2)CC1. The summed E-state index contributed by atoms with van der Waals surface area (Å²) in [7, 11) is 1.87. The average Bonchev–Trinajstić information content (AvgIpc) is 2.61. The van der Waals surface area contributed by atoms with Crippen molar-refractivity contribution in [1.29, 1.82) is 0 Å². The third-order valence-electron chi connectivity index (χ3n) is 5.30. The van der Waals surface area contributed by atoms with Crippen LogP contribution in [0.15, 0.2) is 33.7 Å². The number of aliphatic imine (C=N–C) groups is 1. The second-order valence-electron chi connectivity index (χ2n) is 7.45. The number of hydrogen-bond donors (Lipinski definition) is 1. The van der Waals surface area contributed by atoms with Gasteiger partial charge in [0.1, 0.15) is 0 Å². The fourth-order valence-corrected chi connectivity index (χ4v) is 3.71. The van der Waals surface area contributed by atoms with Crippen LogP contribution in [0.4, 0.5) is 0 Å². The van der Waals surface area contributed by atoms with Crippen LogP contribution in [-0.4, -0.2) is 68.7 Å². The van der Waals surface area contributed by atoms with Crippen LogP contribution in [0.1, 0.15) is 25.5 Å². The molecule has 6 heteroatoms. The van der Waals surface area contributed by atoms with E-state index >= 15 is 0 Å². The lowest BCUT2D eigenvalue weighted by Crippen LogP contribution is -2.56. The van der Waals surface area contributed by atoms with Crippen molar-refractivity contribution in [3.63, 3.8) is 0 Å². The quantitative estimate of drug-likeness (QED) is 0.613. The Morgan fingerprint density at radius 2 is 1.88 bits per heavy atom. The van der Waals surface area contributed by atoms with Gasteiger partial charge in [-0.25, -0.2) is 0 Å². The van der Waals surface area contributed by atoms with Crippen LogP contribution in [0.2, 0.25) is 0 Å². The Hall–Kier alpha value is -1.11. The summed E-state index contributed by atoms with van der Waals surface area (Å²) in [6.07, 6.45) is 0. The van der Waals surface area contributed by atoms with E-state index in [2.05, 4.69) is 74.2 Å². The predicted octanol–water partition coefficient (Wildman–Crippen LogP) is 2.74. The molecule has 0 aliphatic carbocycles. The van der Waals surface area contributed by atoms with E-state index in [1.54, 1.807) is 0 Å². The molecule has 0 aromatic heterocycles. The summed E-state index contributed by atoms with van der Waals surface area (Å²) in [6.45, 7) is 11.3. The molecule has 0 saturated carbocycles. The molecule has 2 aliphatic heterocycles. The topological polar surface area (TPSA) is 40.1 Å². The lowest BCUT2D eigenvalue weighted by molar-refractivity contribution is -0.0973. The third kappa shape index (κ3) is 4.54. The normalized spacial score (nSPS) is 22.4. The molecule has 1 unspecified atom stereocenters. The molecule has 1 N–H and O–H groups in total. The van der Waals surface area contributed by atoms with Crippen LogP contribution >= 0.6 is 15.9 Å². The van der Waals surface area contributed by atoms with E-state index in [1.165, 1.54) is 5.56 Å². The number of nitrogens with one attached hydrogen (secondary N) is 1. The maximum atomic E-state index is 5.34. The van der Waals surface area contributed by atoms with Gasteiger partial charge in [0.15, 0.2) is 5.96 Å². The zero-order chi connectivity index (χ0) is 17.9. The molecule has 5 nitrogen and oxygen atoms in total. The van der Waals surface area contributed by atoms with Gasteiger partial charge < -0.3 is 15.0 Å². The van der Waals surface area contributed by atoms with E-state index in [0.717, 1.165) is 56.4 Å². The Balaban J connectivity index is 1.50. The van der Waals surface area contributed by atoms with E-state index in [4.69, 9.17) is 4.74 Å². The summed E-state index contributed by atoms with van der Waals surface area (Å²) < 4.78 is 6.47. The lowest BCUT2D eigenvalue weighted by atomic mass is 9.89. The second kappa shape index (κ2) is 8.06. The van der Waals surface area contributed by atoms with Gasteiger partial charge in [-0.1, -0.05) is 35.0 Å². The van der Waals surface area contributed by atoms with Crippen LogP contribution in [0.3, 0.4) is 0 Å². The van der Waals surface area contributed by atoms with Gasteiger partial charge in [-0.3, -0.25) is 9.89 Å². The molecule has 0 spiro atoms. The molecule has 2 saturated heterocycles. The van der Waals surface area contributed by atoms with Crippen molar-refractivity contribution in [2.75, 3.05) is 53.0 Å². The number of hydrogen-bond acceptors (Lipinski definition) is 3. The van der Waals surface area contributed by atoms with Crippen molar-refractivity contribution >= 4 is 21.9 Å². The van der Waals surface area contributed by atoms with Crippen LogP contribution in [0.25, 0.3) is 0 Å². The first-order valence-electron chi connectivity index (χ1n) is 9.04. The molecule has 0 amide bonds. The number of guanidine groups is 1. The third-order valence-corrected chi connectivity index (χ3v) is 5.83. The van der Waals surface area contributed by atoms with Crippen LogP contribution in [0, 0.1) is 5.41 Å². The predicted molar refractivity (Wildman–Crippen MR) is 106 cm³/mol. The molecule has 138 valence electrons. The molecule has 1 atom stereocenters. The first kappa shape index (κ1) is 18.7. The minimum absolute atomic E-state index is 0.258. The van der Waals surface area contributed by atoms with Crippen molar-refractivity contribution in [1.82, 2.24) is 15.1 Å². The molecule has 25 heavy (non-hydrogen) atoms. The highest BCUT2D eigenvalue weighted by Crippen LogP contribution is 2.26. The van der Waals surface area contributed by atoms with E-state index < -0.39 is 0 Å². The van der Waals surface area contributed by atoms with Crippen molar-refractivity contribution in [2.45, 2.75) is 19.9 Å². The van der Waals surface area contributed by atoms with E-state index in [1.807, 2.05) is 7.05 Å². The van der Waals surface area contributed by atoms with Crippen molar-refractivity contribution in [3.8, 4) is 0 Å². The van der Waals surface area contributed by atoms with Gasteiger partial charge in [-0.15, -0.1) is 0 Å². The Bertz CT molecular complexity index is 592. The number of halogens is 1. The van der Waals surface area contributed by atoms with Crippen LogP contribution in [-0.2, 0) is 4.74 Å². The standard InChI is InChI=1S/C19H29BrN4O/c1-15(16-4-6-17(20)7-5-16)23-8-10-24(11-9-23)18(21-3)22-12-19(2)13-25-14-19/h4-7,15H,8-14H2,1-3H3,(H,21,22). The summed E-state index contributed by atoms with van der Waals surface area (Å²) in [6, 6.07) is 9.11. The first-order valence-corrected chi connectivity index (χ1v) is 9.83. The van der Waals surface area contributed by atoms with Gasteiger partial charge in [0.25, 0.3) is 0 Å². The number of piperazine rings is 1. The summed E-state index contributed by atoms with van der Waals surface area (Å²) in [4.78, 5) is 9.40. The Labute approximate surface area is 159 Å². The van der Waals surface area contributed by atoms with E-state index in [-0.39, 0.29) is 5.41 Å². The van der Waals surface area contributed by atoms with Crippen LogP contribution < -0.4 is 5.32 Å². The molecular formula is C19H29BrN4O. The molecule has 1 aromatic rings. The molecule has 0 radical (unpaired) electrons. The second-order valence-corrected chi connectivity index (χ2v) is 8.37. The Morgan fingerprint density at radius 3 is 2.40 bits per heavy atom. The number of nitrogens with zero attached hydrogens (tertiary/aromatic N) is 3. The fourth-order valence-electron chi connectivity index (χ4n) is 3.45. The van der Waals surface area contributed by atoms with Crippen molar-refractivity contribution in [3.05, 3.63) is 34.3 Å². The summed E-state index contributed by atoms with van der Waals surface area (Å²) in [5.41, 5.74) is 1.63. The fraction of sp³-hybridized carbons (Fsp3) is 0.632. The molecule has 2 aliphatic rings. The molecule has 3 rings (SSSR count). The largest absolute Gasteiger partial charge is 0.380 e. The highest BCUT2D eigenvalue weighted by molar-refractivity contribution is 9.10. The van der Waals surface area contributed by atoms with Gasteiger partial charge in [-0.2, -0.15) is 0 Å². The summed E-state index contributed by atoms with van der Waals surface area (Å²) in [5.74, 6) is 1.02. The lowest BCUT2D eigenvalue weighted by Gasteiger charge is -2.42. The zero-order valence-electron chi connectivity index (χ0n) is 15.5. The van der Waals surface area contributed by atoms with E-state index in [0.29, 0.717) is 6.04 Å². The van der Waals surface area contributed by atoms with Gasteiger partial charge in [-0.05, 0) is 24.6 Å². The number of ether oxygens (including phenoxy) is 1. The van der Waals surface area contributed by atoms with Gasteiger partial charge in [0.2, 0.25) is 0 Å². The van der Waals surface area contributed by atoms with Gasteiger partial charge >= 0.3 is 0 Å². The van der Waals surface area contributed by atoms with E-state index in [9.17, 15) is 0 Å². The average molecular weight is 409 g/mol. The molecular weight excluding hydrogens is 380 g/mol. The monoisotopic (exact) mass is 408 g/mol. The maximum absolute atomic E-state index is 5.34. The minimum Gasteiger partial charge on any atom is -0.380 e. The number of benzene rings is 1. The van der Waals surface area contributed by atoms with Crippen molar-refractivity contribution in [2.24, 2.45) is 10.4 Å². The first-order chi connectivity index (χ1) is 12.0. The summed E-state index contributed by atoms with van der Waals surface area (Å²) >= 11 is 3.51. The summed E-state index contributed by atoms with van der Waals surface area (Å²) in [5, 5.41) is 3.54. The Morgan fingerprint density at radius 1 is 1.24 bits per heavy atom. The van der Waals surface area contributed by atoms with Gasteiger partial charge in [0.05, 0.1) is 13.2 Å². The molecule has 2 fully saturated rings. The highest BCUT2D eigenvalue weighted by atomic mass is 79.9. The highest BCUT2D eigenvalue weighted by Gasteiger charge is 2.34. The molecule has 1 aromatic carbocycles. The van der Waals surface area contributed by atoms with Gasteiger partial charge in [0, 0.05) is 55.7 Å². The molecule has 2 heterocycles. The Kier molecular flexibility index (Phi) is 6.02. The zero-order valence-corrected chi connectivity index (χ0v) is 17.1.